The van der Waals surface area contributed by atoms with E-state index in [1.54, 1.807) is 7.11 Å². The van der Waals surface area contributed by atoms with Gasteiger partial charge in [-0.3, -0.25) is 0 Å². The summed E-state index contributed by atoms with van der Waals surface area (Å²) in [5.41, 5.74) is 2.03. The first-order valence-corrected chi connectivity index (χ1v) is 10.6. The van der Waals surface area contributed by atoms with E-state index in [1.165, 1.54) is 0 Å². The van der Waals surface area contributed by atoms with Crippen LogP contribution in [-0.4, -0.2) is 44.1 Å². The highest BCUT2D eigenvalue weighted by Crippen LogP contribution is 2.39. The minimum absolute atomic E-state index is 0.173. The number of benzene rings is 2. The van der Waals surface area contributed by atoms with Gasteiger partial charge >= 0.3 is 0 Å². The van der Waals surface area contributed by atoms with Crippen molar-refractivity contribution in [2.24, 2.45) is 0 Å². The molecule has 0 aliphatic carbocycles. The number of terminal acetylenes is 1. The van der Waals surface area contributed by atoms with Crippen LogP contribution in [0.3, 0.4) is 0 Å². The molecule has 0 amide bonds. The maximum absolute atomic E-state index is 6.04. The van der Waals surface area contributed by atoms with Crippen LogP contribution < -0.4 is 9.47 Å². The van der Waals surface area contributed by atoms with Crippen molar-refractivity contribution in [2.45, 2.75) is 50.8 Å². The third-order valence-electron chi connectivity index (χ3n) is 5.29. The van der Waals surface area contributed by atoms with Crippen LogP contribution in [0.4, 0.5) is 0 Å². The lowest BCUT2D eigenvalue weighted by molar-refractivity contribution is -0.211. The normalized spacial score (nSPS) is 26.1. The minimum Gasteiger partial charge on any atom is -0.493 e. The summed E-state index contributed by atoms with van der Waals surface area (Å²) in [5, 5.41) is 0. The first-order chi connectivity index (χ1) is 15.5. The van der Waals surface area contributed by atoms with Crippen LogP contribution in [-0.2, 0) is 25.6 Å². The second kappa shape index (κ2) is 9.76. The molecule has 168 valence electrons. The predicted molar refractivity (Wildman–Crippen MR) is 120 cm³/mol. The lowest BCUT2D eigenvalue weighted by Gasteiger charge is -2.24. The van der Waals surface area contributed by atoms with E-state index in [0.29, 0.717) is 18.1 Å². The van der Waals surface area contributed by atoms with E-state index in [9.17, 15) is 0 Å². The molecular weight excluding hydrogens is 408 g/mol. The third kappa shape index (κ3) is 5.14. The van der Waals surface area contributed by atoms with Gasteiger partial charge in [0, 0.05) is 0 Å². The Bertz CT molecular complexity index is 978. The smallest absolute Gasteiger partial charge is 0.190 e. The average molecular weight is 437 g/mol. The molecule has 0 unspecified atom stereocenters. The lowest BCUT2D eigenvalue weighted by atomic mass is 10.1. The topological polar surface area (TPSA) is 55.4 Å². The second-order valence-corrected chi connectivity index (χ2v) is 8.09. The number of methoxy groups -OCH3 is 1. The molecule has 6 nitrogen and oxygen atoms in total. The Balaban J connectivity index is 1.44. The van der Waals surface area contributed by atoms with Crippen molar-refractivity contribution in [3.05, 3.63) is 65.7 Å². The van der Waals surface area contributed by atoms with E-state index < -0.39 is 12.1 Å². The van der Waals surface area contributed by atoms with E-state index in [0.717, 1.165) is 11.1 Å². The van der Waals surface area contributed by atoms with E-state index in [2.05, 4.69) is 5.92 Å². The van der Waals surface area contributed by atoms with Gasteiger partial charge in [-0.05, 0) is 37.1 Å². The van der Waals surface area contributed by atoms with Crippen molar-refractivity contribution < 1.29 is 28.4 Å². The van der Waals surface area contributed by atoms with E-state index in [1.807, 2.05) is 74.5 Å². The summed E-state index contributed by atoms with van der Waals surface area (Å²) in [7, 11) is 1.62. The number of hydrogen-bond donors (Lipinski definition) is 0. The highest BCUT2D eigenvalue weighted by molar-refractivity contribution is 5.56. The molecule has 32 heavy (non-hydrogen) atoms. The van der Waals surface area contributed by atoms with Crippen LogP contribution in [0.25, 0.3) is 6.08 Å². The Morgan fingerprint density at radius 1 is 1.09 bits per heavy atom. The summed E-state index contributed by atoms with van der Waals surface area (Å²) in [6, 6.07) is 15.8. The summed E-state index contributed by atoms with van der Waals surface area (Å²) >= 11 is 0. The summed E-state index contributed by atoms with van der Waals surface area (Å²) in [4.78, 5) is 0. The number of fused-ring (bicyclic) bond motifs is 1. The summed E-state index contributed by atoms with van der Waals surface area (Å²) in [6.45, 7) is 4.35. The largest absolute Gasteiger partial charge is 0.493 e. The zero-order chi connectivity index (χ0) is 22.6. The standard InChI is InChI=1S/C26H28O6/c1-5-15-28-23-21(30-25-24(23)31-26(2,3)32-25)14-12-18-11-13-20(22(16-18)27-4)29-17-19-9-7-6-8-10-19/h1,6-14,16,21,23-25H,15,17H2,2-4H3/b14-12+/t21-,23+,24-,25-/m1/s1. The molecule has 0 aromatic heterocycles. The molecule has 6 heteroatoms. The van der Waals surface area contributed by atoms with Crippen molar-refractivity contribution in [1.82, 2.24) is 0 Å². The van der Waals surface area contributed by atoms with E-state index in [4.69, 9.17) is 34.8 Å². The van der Waals surface area contributed by atoms with Gasteiger partial charge < -0.3 is 28.4 Å². The minimum atomic E-state index is -0.718. The molecule has 0 N–H and O–H groups in total. The van der Waals surface area contributed by atoms with Crippen LogP contribution >= 0.6 is 0 Å². The molecule has 0 spiro atoms. The van der Waals surface area contributed by atoms with E-state index in [-0.39, 0.29) is 24.9 Å². The van der Waals surface area contributed by atoms with Crippen molar-refractivity contribution in [1.29, 1.82) is 0 Å². The fourth-order valence-electron chi connectivity index (χ4n) is 3.84. The third-order valence-corrected chi connectivity index (χ3v) is 5.29. The Kier molecular flexibility index (Phi) is 6.83. The zero-order valence-corrected chi connectivity index (χ0v) is 18.5. The van der Waals surface area contributed by atoms with Gasteiger partial charge in [0.15, 0.2) is 23.6 Å². The van der Waals surface area contributed by atoms with Crippen LogP contribution in [0.1, 0.15) is 25.0 Å². The molecule has 2 aliphatic rings. The van der Waals surface area contributed by atoms with Gasteiger partial charge in [0.25, 0.3) is 0 Å². The first kappa shape index (κ1) is 22.4. The van der Waals surface area contributed by atoms with Crippen LogP contribution in [0.2, 0.25) is 0 Å². The molecule has 4 atom stereocenters. The van der Waals surface area contributed by atoms with Crippen molar-refractivity contribution in [2.75, 3.05) is 13.7 Å². The van der Waals surface area contributed by atoms with Crippen molar-refractivity contribution in [3.63, 3.8) is 0 Å². The monoisotopic (exact) mass is 436 g/mol. The molecule has 0 bridgehead atoms. The van der Waals surface area contributed by atoms with Gasteiger partial charge in [-0.25, -0.2) is 0 Å². The number of rotatable bonds is 8. The highest BCUT2D eigenvalue weighted by atomic mass is 16.8. The van der Waals surface area contributed by atoms with Gasteiger partial charge in [0.05, 0.1) is 7.11 Å². The van der Waals surface area contributed by atoms with Crippen LogP contribution in [0.15, 0.2) is 54.6 Å². The highest BCUT2D eigenvalue weighted by Gasteiger charge is 2.54. The molecule has 2 aromatic carbocycles. The SMILES string of the molecule is C#CCO[C@@H]1[C@H]2OC(C)(C)O[C@H]2O[C@@H]1/C=C/c1ccc(OCc2ccccc2)c(OC)c1. The van der Waals surface area contributed by atoms with Gasteiger partial charge in [-0.15, -0.1) is 6.42 Å². The van der Waals surface area contributed by atoms with Crippen molar-refractivity contribution >= 4 is 6.08 Å². The average Bonchev–Trinajstić information content (AvgIpc) is 3.26. The molecule has 4 rings (SSSR count). The Morgan fingerprint density at radius 2 is 1.91 bits per heavy atom. The van der Waals surface area contributed by atoms with Gasteiger partial charge in [-0.2, -0.15) is 0 Å². The van der Waals surface area contributed by atoms with Crippen LogP contribution in [0, 0.1) is 12.3 Å². The summed E-state index contributed by atoms with van der Waals surface area (Å²) < 4.78 is 35.1. The molecule has 2 aromatic rings. The van der Waals surface area contributed by atoms with Gasteiger partial charge in [-0.1, -0.05) is 54.5 Å². The van der Waals surface area contributed by atoms with Gasteiger partial charge in [0.2, 0.25) is 0 Å². The quantitative estimate of drug-likeness (QED) is 0.579. The lowest BCUT2D eigenvalue weighted by Crippen LogP contribution is -2.36. The molecule has 0 radical (unpaired) electrons. The molecule has 2 heterocycles. The molecule has 2 saturated heterocycles. The molecule has 2 fully saturated rings. The Labute approximate surface area is 189 Å². The molecule has 2 aliphatic heterocycles. The summed E-state index contributed by atoms with van der Waals surface area (Å²) in [5.74, 6) is 3.12. The fourth-order valence-corrected chi connectivity index (χ4v) is 3.84. The summed E-state index contributed by atoms with van der Waals surface area (Å²) in [6.07, 6.45) is 7.72. The fraction of sp³-hybridized carbons (Fsp3) is 0.385. The molecular formula is C26H28O6. The zero-order valence-electron chi connectivity index (χ0n) is 18.5. The van der Waals surface area contributed by atoms with Gasteiger partial charge in [0.1, 0.15) is 31.5 Å². The Hall–Kier alpha value is -2.82. The van der Waals surface area contributed by atoms with E-state index >= 15 is 0 Å². The Morgan fingerprint density at radius 3 is 2.66 bits per heavy atom. The first-order valence-electron chi connectivity index (χ1n) is 10.6. The van der Waals surface area contributed by atoms with Crippen molar-refractivity contribution in [3.8, 4) is 23.8 Å². The molecule has 0 saturated carbocycles. The maximum atomic E-state index is 6.04. The maximum Gasteiger partial charge on any atom is 0.190 e. The predicted octanol–water partition coefficient (Wildman–Crippen LogP) is 4.18. The number of hydrogen-bond acceptors (Lipinski definition) is 6. The van der Waals surface area contributed by atoms with Crippen LogP contribution in [0.5, 0.6) is 11.5 Å². The second-order valence-electron chi connectivity index (χ2n) is 8.09. The number of ether oxygens (including phenoxy) is 6.